The van der Waals surface area contributed by atoms with Crippen LogP contribution in [0.1, 0.15) is 47.4 Å². The number of benzene rings is 1. The number of sulfone groups is 1. The molecule has 10 heteroatoms. The minimum atomic E-state index is -3.07. The highest BCUT2D eigenvalue weighted by Gasteiger charge is 2.34. The van der Waals surface area contributed by atoms with E-state index in [4.69, 9.17) is 11.6 Å². The van der Waals surface area contributed by atoms with Gasteiger partial charge in [-0.15, -0.1) is 0 Å². The molecule has 2 fully saturated rings. The molecule has 8 nitrogen and oxygen atoms in total. The van der Waals surface area contributed by atoms with Gasteiger partial charge in [0.05, 0.1) is 34.0 Å². The molecule has 156 valence electrons. The summed E-state index contributed by atoms with van der Waals surface area (Å²) in [5, 5.41) is 15.0. The van der Waals surface area contributed by atoms with Crippen molar-refractivity contribution in [1.29, 1.82) is 0 Å². The van der Waals surface area contributed by atoms with Crippen LogP contribution in [0.2, 0.25) is 5.02 Å². The van der Waals surface area contributed by atoms with E-state index >= 15 is 0 Å². The van der Waals surface area contributed by atoms with E-state index in [-0.39, 0.29) is 29.1 Å². The fraction of sp³-hybridized carbons (Fsp3) is 0.350. The molecule has 2 N–H and O–H groups in total. The van der Waals surface area contributed by atoms with Crippen molar-refractivity contribution in [2.24, 2.45) is 0 Å². The predicted octanol–water partition coefficient (Wildman–Crippen LogP) is 3.42. The molecule has 2 aromatic heterocycles. The van der Waals surface area contributed by atoms with Crippen LogP contribution in [0.3, 0.4) is 0 Å². The first-order valence-corrected chi connectivity index (χ1v) is 12.0. The second-order valence-electron chi connectivity index (χ2n) is 7.83. The number of carbonyl (C=O) groups is 1. The molecule has 1 aromatic carbocycles. The van der Waals surface area contributed by atoms with Gasteiger partial charge in [0.15, 0.2) is 9.84 Å². The highest BCUT2D eigenvalue weighted by Crippen LogP contribution is 2.41. The molecular formula is C20H20ClN5O3S. The highest BCUT2D eigenvalue weighted by molar-refractivity contribution is 7.91. The van der Waals surface area contributed by atoms with E-state index in [1.165, 1.54) is 0 Å². The largest absolute Gasteiger partial charge is 0.305 e. The molecule has 5 rings (SSSR count). The van der Waals surface area contributed by atoms with Crippen molar-refractivity contribution in [2.75, 3.05) is 16.8 Å². The Bertz CT molecular complexity index is 1230. The number of rotatable bonds is 5. The molecule has 30 heavy (non-hydrogen) atoms. The van der Waals surface area contributed by atoms with E-state index in [2.05, 4.69) is 20.6 Å². The fourth-order valence-electron chi connectivity index (χ4n) is 3.76. The van der Waals surface area contributed by atoms with Crippen LogP contribution < -0.4 is 5.32 Å². The van der Waals surface area contributed by atoms with E-state index in [0.717, 1.165) is 24.1 Å². The fourth-order valence-corrected chi connectivity index (χ4v) is 5.69. The number of aromatic nitrogens is 4. The number of anilines is 1. The quantitative estimate of drug-likeness (QED) is 0.625. The topological polar surface area (TPSA) is 110 Å². The molecule has 2 aliphatic rings. The second kappa shape index (κ2) is 7.24. The summed E-state index contributed by atoms with van der Waals surface area (Å²) < 4.78 is 25.5. The monoisotopic (exact) mass is 445 g/mol. The Balaban J connectivity index is 1.40. The summed E-state index contributed by atoms with van der Waals surface area (Å²) in [6.07, 6.45) is 2.63. The summed E-state index contributed by atoms with van der Waals surface area (Å²) in [4.78, 5) is 12.9. The molecule has 1 aliphatic heterocycles. The molecule has 1 saturated carbocycles. The van der Waals surface area contributed by atoms with Crippen molar-refractivity contribution in [3.05, 3.63) is 52.8 Å². The van der Waals surface area contributed by atoms with Crippen molar-refractivity contribution in [2.45, 2.75) is 31.2 Å². The Labute approximate surface area is 178 Å². The van der Waals surface area contributed by atoms with Gasteiger partial charge in [0, 0.05) is 17.5 Å². The third kappa shape index (κ3) is 3.75. The van der Waals surface area contributed by atoms with Gasteiger partial charge < -0.3 is 5.32 Å². The van der Waals surface area contributed by atoms with Crippen molar-refractivity contribution >= 4 is 33.2 Å². The van der Waals surface area contributed by atoms with Crippen LogP contribution in [0.5, 0.6) is 0 Å². The second-order valence-corrected chi connectivity index (χ2v) is 10.5. The van der Waals surface area contributed by atoms with Crippen LogP contribution >= 0.6 is 11.6 Å². The number of aromatic amines is 1. The van der Waals surface area contributed by atoms with Crippen molar-refractivity contribution < 1.29 is 13.2 Å². The van der Waals surface area contributed by atoms with Crippen molar-refractivity contribution in [3.63, 3.8) is 0 Å². The van der Waals surface area contributed by atoms with Gasteiger partial charge in [-0.1, -0.05) is 29.8 Å². The van der Waals surface area contributed by atoms with Gasteiger partial charge in [0.1, 0.15) is 11.5 Å². The lowest BCUT2D eigenvalue weighted by atomic mass is 10.1. The summed E-state index contributed by atoms with van der Waals surface area (Å²) in [5.41, 5.74) is 2.48. The zero-order valence-corrected chi connectivity index (χ0v) is 17.6. The Morgan fingerprint density at radius 3 is 2.70 bits per heavy atom. The first kappa shape index (κ1) is 19.3. The zero-order valence-electron chi connectivity index (χ0n) is 16.0. The van der Waals surface area contributed by atoms with Crippen molar-refractivity contribution in [3.8, 4) is 11.3 Å². The van der Waals surface area contributed by atoms with Crippen LogP contribution in [0.25, 0.3) is 11.3 Å². The average Bonchev–Trinajstić information content (AvgIpc) is 3.12. The standard InChI is InChI=1S/C20H20ClN5O3S/c21-15-4-2-1-3-14(15)17-9-18(24-23-17)20(27)22-19-10-16(12-5-6-12)25-26(19)13-7-8-30(28,29)11-13/h1-4,9-10,12-13H,5-8,11H2,(H,22,27)(H,23,24)/t13-/m1/s1. The molecule has 1 aliphatic carbocycles. The SMILES string of the molecule is O=C(Nc1cc(C2CC2)nn1[C@@H]1CCS(=O)(=O)C1)c1cc(-c2ccccc2Cl)n[nH]1. The number of hydrogen-bond acceptors (Lipinski definition) is 5. The van der Waals surface area contributed by atoms with Crippen LogP contribution in [-0.2, 0) is 9.84 Å². The maximum Gasteiger partial charge on any atom is 0.274 e. The highest BCUT2D eigenvalue weighted by atomic mass is 35.5. The molecule has 3 heterocycles. The van der Waals surface area contributed by atoms with E-state index in [0.29, 0.717) is 28.9 Å². The third-order valence-corrected chi connectivity index (χ3v) is 7.60. The molecule has 0 spiro atoms. The summed E-state index contributed by atoms with van der Waals surface area (Å²) in [5.74, 6) is 0.718. The van der Waals surface area contributed by atoms with Gasteiger partial charge in [0.25, 0.3) is 5.91 Å². The maximum atomic E-state index is 12.9. The summed E-state index contributed by atoms with van der Waals surface area (Å²) in [6, 6.07) is 10.5. The first-order valence-electron chi connectivity index (χ1n) is 9.81. The predicted molar refractivity (Wildman–Crippen MR) is 113 cm³/mol. The maximum absolute atomic E-state index is 12.9. The Hall–Kier alpha value is -2.65. The number of nitrogens with one attached hydrogen (secondary N) is 2. The molecule has 0 radical (unpaired) electrons. The number of nitrogens with zero attached hydrogens (tertiary/aromatic N) is 3. The smallest absolute Gasteiger partial charge is 0.274 e. The Kier molecular flexibility index (Phi) is 4.67. The van der Waals surface area contributed by atoms with Gasteiger partial charge in [-0.2, -0.15) is 10.2 Å². The Morgan fingerprint density at radius 1 is 1.20 bits per heavy atom. The van der Waals surface area contributed by atoms with Crippen LogP contribution in [0, 0.1) is 0 Å². The van der Waals surface area contributed by atoms with Gasteiger partial charge in [0.2, 0.25) is 0 Å². The lowest BCUT2D eigenvalue weighted by molar-refractivity contribution is 0.102. The van der Waals surface area contributed by atoms with Crippen LogP contribution in [0.4, 0.5) is 5.82 Å². The van der Waals surface area contributed by atoms with Gasteiger partial charge in [-0.25, -0.2) is 13.1 Å². The number of hydrogen-bond donors (Lipinski definition) is 2. The van der Waals surface area contributed by atoms with Crippen LogP contribution in [-0.4, -0.2) is 45.8 Å². The van der Waals surface area contributed by atoms with Gasteiger partial charge >= 0.3 is 0 Å². The minimum Gasteiger partial charge on any atom is -0.305 e. The first-order chi connectivity index (χ1) is 14.4. The summed E-state index contributed by atoms with van der Waals surface area (Å²) in [7, 11) is -3.07. The molecule has 1 atom stereocenters. The van der Waals surface area contributed by atoms with E-state index in [9.17, 15) is 13.2 Å². The number of carbonyl (C=O) groups excluding carboxylic acids is 1. The minimum absolute atomic E-state index is 0.0440. The Morgan fingerprint density at radius 2 is 2.00 bits per heavy atom. The zero-order chi connectivity index (χ0) is 20.9. The molecule has 1 amide bonds. The number of amides is 1. The lowest BCUT2D eigenvalue weighted by Gasteiger charge is -2.13. The summed E-state index contributed by atoms with van der Waals surface area (Å²) in [6.45, 7) is 0. The lowest BCUT2D eigenvalue weighted by Crippen LogP contribution is -2.19. The van der Waals surface area contributed by atoms with Crippen molar-refractivity contribution in [1.82, 2.24) is 20.0 Å². The molecule has 1 saturated heterocycles. The number of H-pyrrole nitrogens is 1. The average molecular weight is 446 g/mol. The number of halogens is 1. The van der Waals surface area contributed by atoms with E-state index < -0.39 is 9.84 Å². The molecule has 0 unspecified atom stereocenters. The van der Waals surface area contributed by atoms with Crippen LogP contribution in [0.15, 0.2) is 36.4 Å². The van der Waals surface area contributed by atoms with E-state index in [1.54, 1.807) is 16.8 Å². The molecule has 0 bridgehead atoms. The normalized spacial score (nSPS) is 20.4. The van der Waals surface area contributed by atoms with E-state index in [1.807, 2.05) is 24.3 Å². The molecular weight excluding hydrogens is 426 g/mol. The molecule has 3 aromatic rings. The van der Waals surface area contributed by atoms with Gasteiger partial charge in [-0.3, -0.25) is 9.89 Å². The third-order valence-electron chi connectivity index (χ3n) is 5.52. The van der Waals surface area contributed by atoms with Gasteiger partial charge in [-0.05, 0) is 31.4 Å². The summed E-state index contributed by atoms with van der Waals surface area (Å²) >= 11 is 6.22.